The molecule has 0 aliphatic heterocycles. The maximum atomic E-state index is 12.1. The molecule has 1 aliphatic rings. The lowest BCUT2D eigenvalue weighted by atomic mass is 9.68. The summed E-state index contributed by atoms with van der Waals surface area (Å²) in [6, 6.07) is 0. The molecule has 128 valence electrons. The number of nitrogens with one attached hydrogen (secondary N) is 2. The van der Waals surface area contributed by atoms with Crippen molar-refractivity contribution in [3.8, 4) is 0 Å². The van der Waals surface area contributed by atoms with E-state index in [4.69, 9.17) is 4.84 Å². The summed E-state index contributed by atoms with van der Waals surface area (Å²) in [5.41, 5.74) is 2.59. The Hall–Kier alpha value is -0.940. The maximum absolute atomic E-state index is 12.1. The zero-order valence-corrected chi connectivity index (χ0v) is 14.9. The van der Waals surface area contributed by atoms with E-state index in [1.807, 2.05) is 20.8 Å². The summed E-state index contributed by atoms with van der Waals surface area (Å²) in [4.78, 5) is 28.9. The Kier molecular flexibility index (Phi) is 6.56. The standard InChI is InChI=1S/C17H32N2O3/c1-12-7-13(9-17(5,6)8-12)15(21)22-19-11-14(20)10-18-16(2,3)4/h12-13,18-19H,7-11H2,1-6H3. The Morgan fingerprint density at radius 1 is 1.18 bits per heavy atom. The maximum Gasteiger partial charge on any atom is 0.327 e. The van der Waals surface area contributed by atoms with Crippen LogP contribution in [0.4, 0.5) is 0 Å². The first-order valence-corrected chi connectivity index (χ1v) is 8.19. The fourth-order valence-corrected chi connectivity index (χ4v) is 3.22. The second kappa shape index (κ2) is 7.55. The van der Waals surface area contributed by atoms with Gasteiger partial charge in [-0.15, -0.1) is 5.48 Å². The van der Waals surface area contributed by atoms with Gasteiger partial charge in [-0.2, -0.15) is 0 Å². The van der Waals surface area contributed by atoms with Crippen molar-refractivity contribution >= 4 is 11.8 Å². The van der Waals surface area contributed by atoms with Crippen LogP contribution in [0.15, 0.2) is 0 Å². The van der Waals surface area contributed by atoms with Crippen LogP contribution in [0, 0.1) is 17.3 Å². The SMILES string of the molecule is CC1CC(C(=O)ONCC(=O)CNC(C)(C)C)CC(C)(C)C1. The first kappa shape index (κ1) is 19.1. The molecule has 0 saturated heterocycles. The molecule has 1 saturated carbocycles. The van der Waals surface area contributed by atoms with Gasteiger partial charge in [-0.05, 0) is 51.4 Å². The molecule has 0 aromatic carbocycles. The highest BCUT2D eigenvalue weighted by Gasteiger charge is 2.36. The fraction of sp³-hybridized carbons (Fsp3) is 0.882. The molecule has 1 fully saturated rings. The molecule has 1 aliphatic carbocycles. The summed E-state index contributed by atoms with van der Waals surface area (Å²) < 4.78 is 0. The van der Waals surface area contributed by atoms with Gasteiger partial charge in [0, 0.05) is 5.54 Å². The summed E-state index contributed by atoms with van der Waals surface area (Å²) in [6.45, 7) is 12.9. The molecule has 2 unspecified atom stereocenters. The zero-order valence-electron chi connectivity index (χ0n) is 14.9. The van der Waals surface area contributed by atoms with Crippen molar-refractivity contribution in [1.82, 2.24) is 10.8 Å². The smallest absolute Gasteiger partial charge is 0.327 e. The molecule has 0 radical (unpaired) electrons. The lowest BCUT2D eigenvalue weighted by Crippen LogP contribution is -2.42. The molecule has 1 rings (SSSR count). The highest BCUT2D eigenvalue weighted by atomic mass is 16.7. The Bertz CT molecular complexity index is 399. The van der Waals surface area contributed by atoms with Crippen LogP contribution in [0.5, 0.6) is 0 Å². The topological polar surface area (TPSA) is 67.4 Å². The molecular weight excluding hydrogens is 280 g/mol. The first-order chi connectivity index (χ1) is 9.98. The monoisotopic (exact) mass is 312 g/mol. The fourth-order valence-electron chi connectivity index (χ4n) is 3.22. The van der Waals surface area contributed by atoms with Crippen LogP contribution in [0.2, 0.25) is 0 Å². The molecule has 0 bridgehead atoms. The molecular formula is C17H32N2O3. The van der Waals surface area contributed by atoms with E-state index in [1.165, 1.54) is 0 Å². The minimum absolute atomic E-state index is 0.0277. The summed E-state index contributed by atoms with van der Waals surface area (Å²) in [6.07, 6.45) is 2.85. The van der Waals surface area contributed by atoms with Gasteiger partial charge in [0.25, 0.3) is 0 Å². The number of hydrogen-bond donors (Lipinski definition) is 2. The van der Waals surface area contributed by atoms with Gasteiger partial charge in [0.2, 0.25) is 0 Å². The number of ketones is 1. The lowest BCUT2D eigenvalue weighted by Gasteiger charge is -2.37. The van der Waals surface area contributed by atoms with Gasteiger partial charge >= 0.3 is 5.97 Å². The van der Waals surface area contributed by atoms with Crippen molar-refractivity contribution in [2.45, 2.75) is 66.3 Å². The highest BCUT2D eigenvalue weighted by Crippen LogP contribution is 2.41. The highest BCUT2D eigenvalue weighted by molar-refractivity contribution is 5.82. The predicted octanol–water partition coefficient (Wildman–Crippen LogP) is 2.45. The Balaban J connectivity index is 2.30. The van der Waals surface area contributed by atoms with Gasteiger partial charge in [0.15, 0.2) is 5.78 Å². The second-order valence-electron chi connectivity index (χ2n) is 8.49. The Labute approximate surface area is 134 Å². The normalized spacial score (nSPS) is 24.8. The van der Waals surface area contributed by atoms with Gasteiger partial charge in [-0.25, -0.2) is 0 Å². The number of Topliss-reactive ketones (excluding diaryl/α,β-unsaturated/α-hetero) is 1. The van der Waals surface area contributed by atoms with E-state index >= 15 is 0 Å². The minimum atomic E-state index is -0.240. The average Bonchev–Trinajstić information content (AvgIpc) is 2.33. The van der Waals surface area contributed by atoms with E-state index < -0.39 is 0 Å². The van der Waals surface area contributed by atoms with Crippen LogP contribution in [0.25, 0.3) is 0 Å². The van der Waals surface area contributed by atoms with Gasteiger partial charge in [0.1, 0.15) is 0 Å². The van der Waals surface area contributed by atoms with Crippen LogP contribution in [0.3, 0.4) is 0 Å². The Morgan fingerprint density at radius 3 is 2.36 bits per heavy atom. The van der Waals surface area contributed by atoms with Crippen LogP contribution < -0.4 is 10.8 Å². The number of hydroxylamine groups is 1. The molecule has 0 heterocycles. The van der Waals surface area contributed by atoms with E-state index in [9.17, 15) is 9.59 Å². The molecule has 0 aromatic rings. The largest absolute Gasteiger partial charge is 0.370 e. The van der Waals surface area contributed by atoms with Crippen LogP contribution >= 0.6 is 0 Å². The quantitative estimate of drug-likeness (QED) is 0.737. The van der Waals surface area contributed by atoms with Gasteiger partial charge in [0.05, 0.1) is 19.0 Å². The third kappa shape index (κ3) is 7.36. The van der Waals surface area contributed by atoms with Crippen LogP contribution in [0.1, 0.15) is 60.8 Å². The van der Waals surface area contributed by atoms with Crippen molar-refractivity contribution in [3.63, 3.8) is 0 Å². The van der Waals surface area contributed by atoms with E-state index in [-0.39, 0.29) is 41.7 Å². The molecule has 0 amide bonds. The van der Waals surface area contributed by atoms with Gasteiger partial charge in [-0.3, -0.25) is 9.59 Å². The van der Waals surface area contributed by atoms with Crippen molar-refractivity contribution in [2.24, 2.45) is 17.3 Å². The number of carbonyl (C=O) groups excluding carboxylic acids is 2. The molecule has 0 aromatic heterocycles. The molecule has 5 heteroatoms. The summed E-state index contributed by atoms with van der Waals surface area (Å²) in [7, 11) is 0. The average molecular weight is 312 g/mol. The third-order valence-electron chi connectivity index (χ3n) is 3.98. The molecule has 22 heavy (non-hydrogen) atoms. The number of carbonyl (C=O) groups is 2. The first-order valence-electron chi connectivity index (χ1n) is 8.19. The van der Waals surface area contributed by atoms with Gasteiger partial charge in [-0.1, -0.05) is 20.8 Å². The molecule has 0 spiro atoms. The van der Waals surface area contributed by atoms with Crippen molar-refractivity contribution in [2.75, 3.05) is 13.1 Å². The van der Waals surface area contributed by atoms with Crippen molar-refractivity contribution < 1.29 is 14.4 Å². The van der Waals surface area contributed by atoms with Gasteiger partial charge < -0.3 is 10.2 Å². The Morgan fingerprint density at radius 2 is 1.82 bits per heavy atom. The second-order valence-corrected chi connectivity index (χ2v) is 8.49. The van der Waals surface area contributed by atoms with E-state index in [0.717, 1.165) is 19.3 Å². The number of rotatable bonds is 6. The minimum Gasteiger partial charge on any atom is -0.370 e. The summed E-state index contributed by atoms with van der Waals surface area (Å²) >= 11 is 0. The van der Waals surface area contributed by atoms with Crippen LogP contribution in [-0.2, 0) is 14.4 Å². The molecule has 2 atom stereocenters. The zero-order chi connectivity index (χ0) is 17.0. The van der Waals surface area contributed by atoms with E-state index in [1.54, 1.807) is 0 Å². The molecule has 5 nitrogen and oxygen atoms in total. The summed E-state index contributed by atoms with van der Waals surface area (Å²) in [5, 5.41) is 3.11. The third-order valence-corrected chi connectivity index (χ3v) is 3.98. The van der Waals surface area contributed by atoms with E-state index in [0.29, 0.717) is 5.92 Å². The number of hydrogen-bond acceptors (Lipinski definition) is 5. The summed E-state index contributed by atoms with van der Waals surface area (Å²) in [5.74, 6) is 0.184. The molecule has 2 N–H and O–H groups in total. The lowest BCUT2D eigenvalue weighted by molar-refractivity contribution is -0.160. The van der Waals surface area contributed by atoms with Crippen molar-refractivity contribution in [1.29, 1.82) is 0 Å². The van der Waals surface area contributed by atoms with Crippen LogP contribution in [-0.4, -0.2) is 30.4 Å². The van der Waals surface area contributed by atoms with E-state index in [2.05, 4.69) is 31.6 Å². The van der Waals surface area contributed by atoms with Crippen molar-refractivity contribution in [3.05, 3.63) is 0 Å². The predicted molar refractivity (Wildman–Crippen MR) is 87.1 cm³/mol.